The number of nitrogens with zero attached hydrogens (tertiary/aromatic N) is 1. The van der Waals surface area contributed by atoms with Crippen molar-refractivity contribution in [2.75, 3.05) is 13.1 Å². The fraction of sp³-hybridized carbons (Fsp3) is 0.417. The molecule has 1 aliphatic heterocycles. The van der Waals surface area contributed by atoms with E-state index >= 15 is 0 Å². The Morgan fingerprint density at radius 3 is 2.88 bits per heavy atom. The molecule has 2 aromatic rings. The number of H-pyrrole nitrogens is 1. The number of rotatable bonds is 1. The second kappa shape index (κ2) is 4.07. The molecule has 1 aromatic heterocycles. The number of benzene rings is 1. The van der Waals surface area contributed by atoms with E-state index in [1.54, 1.807) is 0 Å². The minimum Gasteiger partial charge on any atom is -0.317 e. The zero-order valence-electron chi connectivity index (χ0n) is 8.96. The molecular formula is C12H14ClN3. The van der Waals surface area contributed by atoms with Gasteiger partial charge >= 0.3 is 0 Å². The Kier molecular flexibility index (Phi) is 2.58. The number of nitrogens with one attached hydrogen (secondary N) is 2. The van der Waals surface area contributed by atoms with Crippen LogP contribution >= 0.6 is 11.6 Å². The minimum atomic E-state index is 0.611. The summed E-state index contributed by atoms with van der Waals surface area (Å²) in [6.07, 6.45) is 2.36. The lowest BCUT2D eigenvalue weighted by Crippen LogP contribution is -2.26. The van der Waals surface area contributed by atoms with Gasteiger partial charge in [0.2, 0.25) is 0 Å². The number of aromatic nitrogens is 2. The standard InChI is InChI=1S/C12H14ClN3/c13-12-11-9(8-4-6-14-7-5-8)2-1-3-10(11)15-16-12/h1-3,8,14H,4-7H2,(H,15,16). The summed E-state index contributed by atoms with van der Waals surface area (Å²) in [4.78, 5) is 0. The first-order valence-corrected chi connectivity index (χ1v) is 6.07. The van der Waals surface area contributed by atoms with Gasteiger partial charge in [0.05, 0.1) is 5.52 Å². The average Bonchev–Trinajstić information content (AvgIpc) is 2.73. The van der Waals surface area contributed by atoms with Crippen molar-refractivity contribution >= 4 is 22.5 Å². The summed E-state index contributed by atoms with van der Waals surface area (Å²) in [6.45, 7) is 2.19. The smallest absolute Gasteiger partial charge is 0.132 e. The Balaban J connectivity index is 2.10. The van der Waals surface area contributed by atoms with Crippen molar-refractivity contribution in [3.63, 3.8) is 0 Å². The molecule has 0 saturated carbocycles. The number of halogens is 1. The fourth-order valence-corrected chi connectivity index (χ4v) is 2.78. The van der Waals surface area contributed by atoms with Crippen LogP contribution in [0.1, 0.15) is 24.3 Å². The molecule has 0 bridgehead atoms. The van der Waals surface area contributed by atoms with Gasteiger partial charge in [0, 0.05) is 5.39 Å². The molecule has 0 spiro atoms. The van der Waals surface area contributed by atoms with Crippen LogP contribution in [0.4, 0.5) is 0 Å². The van der Waals surface area contributed by atoms with Crippen LogP contribution in [0.25, 0.3) is 10.9 Å². The molecule has 0 unspecified atom stereocenters. The van der Waals surface area contributed by atoms with Crippen LogP contribution in [0.5, 0.6) is 0 Å². The summed E-state index contributed by atoms with van der Waals surface area (Å²) < 4.78 is 0. The van der Waals surface area contributed by atoms with Crippen molar-refractivity contribution in [2.24, 2.45) is 0 Å². The molecule has 3 rings (SSSR count). The molecule has 2 heterocycles. The quantitative estimate of drug-likeness (QED) is 0.798. The molecule has 1 fully saturated rings. The van der Waals surface area contributed by atoms with E-state index in [9.17, 15) is 0 Å². The van der Waals surface area contributed by atoms with Gasteiger partial charge in [0.25, 0.3) is 0 Å². The fourth-order valence-electron chi connectivity index (χ4n) is 2.53. The van der Waals surface area contributed by atoms with Gasteiger partial charge in [-0.3, -0.25) is 5.10 Å². The molecule has 1 aliphatic rings. The summed E-state index contributed by atoms with van der Waals surface area (Å²) in [7, 11) is 0. The molecule has 0 atom stereocenters. The molecular weight excluding hydrogens is 222 g/mol. The van der Waals surface area contributed by atoms with Crippen LogP contribution in [0.2, 0.25) is 5.15 Å². The number of piperidine rings is 1. The number of hydrogen-bond donors (Lipinski definition) is 2. The first kappa shape index (κ1) is 10.1. The van der Waals surface area contributed by atoms with E-state index in [1.807, 2.05) is 6.07 Å². The van der Waals surface area contributed by atoms with Crippen LogP contribution in [-0.2, 0) is 0 Å². The third-order valence-electron chi connectivity index (χ3n) is 3.35. The molecule has 4 heteroatoms. The summed E-state index contributed by atoms with van der Waals surface area (Å²) in [5.41, 5.74) is 2.32. The lowest BCUT2D eigenvalue weighted by Gasteiger charge is -2.23. The van der Waals surface area contributed by atoms with Crippen LogP contribution in [0, 0.1) is 0 Å². The Morgan fingerprint density at radius 1 is 1.25 bits per heavy atom. The van der Waals surface area contributed by atoms with Gasteiger partial charge in [-0.15, -0.1) is 0 Å². The largest absolute Gasteiger partial charge is 0.317 e. The highest BCUT2D eigenvalue weighted by molar-refractivity contribution is 6.34. The number of hydrogen-bond acceptors (Lipinski definition) is 2. The lowest BCUT2D eigenvalue weighted by atomic mass is 9.88. The predicted octanol–water partition coefficient (Wildman–Crippen LogP) is 2.68. The van der Waals surface area contributed by atoms with E-state index < -0.39 is 0 Å². The van der Waals surface area contributed by atoms with Gasteiger partial charge in [-0.1, -0.05) is 23.7 Å². The second-order valence-corrected chi connectivity index (χ2v) is 4.68. The zero-order chi connectivity index (χ0) is 11.0. The molecule has 16 heavy (non-hydrogen) atoms. The Bertz CT molecular complexity index is 500. The van der Waals surface area contributed by atoms with E-state index in [4.69, 9.17) is 11.6 Å². The molecule has 1 aromatic carbocycles. The van der Waals surface area contributed by atoms with Gasteiger partial charge in [-0.25, -0.2) is 0 Å². The van der Waals surface area contributed by atoms with E-state index in [1.165, 1.54) is 18.4 Å². The van der Waals surface area contributed by atoms with E-state index in [-0.39, 0.29) is 0 Å². The van der Waals surface area contributed by atoms with Gasteiger partial charge in [0.15, 0.2) is 0 Å². The monoisotopic (exact) mass is 235 g/mol. The molecule has 84 valence electrons. The highest BCUT2D eigenvalue weighted by Crippen LogP contribution is 2.33. The highest BCUT2D eigenvalue weighted by atomic mass is 35.5. The van der Waals surface area contributed by atoms with Gasteiger partial charge in [-0.2, -0.15) is 5.10 Å². The average molecular weight is 236 g/mol. The first-order valence-electron chi connectivity index (χ1n) is 5.69. The van der Waals surface area contributed by atoms with E-state index in [0.717, 1.165) is 24.0 Å². The zero-order valence-corrected chi connectivity index (χ0v) is 9.72. The first-order chi connectivity index (χ1) is 7.86. The van der Waals surface area contributed by atoms with Gasteiger partial charge in [0.1, 0.15) is 5.15 Å². The third kappa shape index (κ3) is 1.60. The van der Waals surface area contributed by atoms with Crippen molar-refractivity contribution in [3.05, 3.63) is 28.9 Å². The van der Waals surface area contributed by atoms with Crippen LogP contribution in [0.15, 0.2) is 18.2 Å². The number of fused-ring (bicyclic) bond motifs is 1. The molecule has 1 saturated heterocycles. The van der Waals surface area contributed by atoms with Crippen LogP contribution in [-0.4, -0.2) is 23.3 Å². The molecule has 3 nitrogen and oxygen atoms in total. The van der Waals surface area contributed by atoms with Gasteiger partial charge in [-0.05, 0) is 43.5 Å². The lowest BCUT2D eigenvalue weighted by molar-refractivity contribution is 0.462. The third-order valence-corrected chi connectivity index (χ3v) is 3.62. The van der Waals surface area contributed by atoms with Gasteiger partial charge < -0.3 is 5.32 Å². The SMILES string of the molecule is Clc1[nH]nc2cccc(C3CCNCC3)c12. The van der Waals surface area contributed by atoms with Crippen molar-refractivity contribution in [1.82, 2.24) is 15.5 Å². The maximum absolute atomic E-state index is 6.16. The molecule has 0 amide bonds. The van der Waals surface area contributed by atoms with Crippen molar-refractivity contribution in [3.8, 4) is 0 Å². The second-order valence-electron chi connectivity index (χ2n) is 4.30. The van der Waals surface area contributed by atoms with E-state index in [0.29, 0.717) is 11.1 Å². The van der Waals surface area contributed by atoms with Crippen molar-refractivity contribution in [2.45, 2.75) is 18.8 Å². The summed E-state index contributed by atoms with van der Waals surface area (Å²) in [6, 6.07) is 6.25. The predicted molar refractivity (Wildman–Crippen MR) is 65.9 cm³/mol. The summed E-state index contributed by atoms with van der Waals surface area (Å²) >= 11 is 6.16. The Hall–Kier alpha value is -1.06. The molecule has 0 aliphatic carbocycles. The maximum atomic E-state index is 6.16. The normalized spacial score (nSPS) is 18.1. The van der Waals surface area contributed by atoms with Crippen molar-refractivity contribution < 1.29 is 0 Å². The van der Waals surface area contributed by atoms with Crippen LogP contribution in [0.3, 0.4) is 0 Å². The molecule has 2 N–H and O–H groups in total. The Labute approximate surface area is 99.2 Å². The Morgan fingerprint density at radius 2 is 2.06 bits per heavy atom. The maximum Gasteiger partial charge on any atom is 0.132 e. The highest BCUT2D eigenvalue weighted by Gasteiger charge is 2.19. The topological polar surface area (TPSA) is 40.7 Å². The van der Waals surface area contributed by atoms with E-state index in [2.05, 4.69) is 27.6 Å². The minimum absolute atomic E-state index is 0.611. The molecule has 0 radical (unpaired) electrons. The summed E-state index contributed by atoms with van der Waals surface area (Å²) in [5.74, 6) is 0.611. The van der Waals surface area contributed by atoms with Crippen molar-refractivity contribution in [1.29, 1.82) is 0 Å². The van der Waals surface area contributed by atoms with Crippen LogP contribution < -0.4 is 5.32 Å². The summed E-state index contributed by atoms with van der Waals surface area (Å²) in [5, 5.41) is 12.2. The number of aromatic amines is 1.